The summed E-state index contributed by atoms with van der Waals surface area (Å²) in [7, 11) is 3.17. The molecule has 0 saturated heterocycles. The monoisotopic (exact) mass is 425 g/mol. The van der Waals surface area contributed by atoms with Crippen LogP contribution in [0.15, 0.2) is 42.6 Å². The Balaban J connectivity index is 1.91. The predicted molar refractivity (Wildman–Crippen MR) is 118 cm³/mol. The zero-order valence-electron chi connectivity index (χ0n) is 18.7. The second-order valence-electron chi connectivity index (χ2n) is 7.75. The van der Waals surface area contributed by atoms with Crippen molar-refractivity contribution in [1.82, 2.24) is 15.1 Å². The van der Waals surface area contributed by atoms with E-state index in [1.165, 1.54) is 12.1 Å². The Morgan fingerprint density at radius 2 is 1.68 bits per heavy atom. The van der Waals surface area contributed by atoms with Gasteiger partial charge >= 0.3 is 0 Å². The molecule has 7 heteroatoms. The summed E-state index contributed by atoms with van der Waals surface area (Å²) in [6, 6.07) is 9.55. The average molecular weight is 426 g/mol. The van der Waals surface area contributed by atoms with E-state index < -0.39 is 0 Å². The largest absolute Gasteiger partial charge is 0.493 e. The molecule has 0 bridgehead atoms. The van der Waals surface area contributed by atoms with Gasteiger partial charge in [-0.3, -0.25) is 4.79 Å². The fourth-order valence-corrected chi connectivity index (χ4v) is 3.69. The molecule has 1 heterocycles. The normalized spacial score (nSPS) is 12.0. The number of aromatic nitrogens is 2. The summed E-state index contributed by atoms with van der Waals surface area (Å²) in [5.41, 5.74) is 3.87. The maximum absolute atomic E-state index is 13.3. The number of amides is 1. The van der Waals surface area contributed by atoms with Gasteiger partial charge < -0.3 is 14.8 Å². The molecule has 3 aromatic rings. The topological polar surface area (TPSA) is 65.4 Å². The maximum atomic E-state index is 13.3. The Morgan fingerprint density at radius 1 is 1.06 bits per heavy atom. The van der Waals surface area contributed by atoms with E-state index in [9.17, 15) is 9.18 Å². The van der Waals surface area contributed by atoms with Crippen molar-refractivity contribution < 1.29 is 18.7 Å². The van der Waals surface area contributed by atoms with Crippen molar-refractivity contribution in [3.05, 3.63) is 70.8 Å². The molecule has 0 aliphatic carbocycles. The molecular formula is C24H28FN3O3. The first-order valence-electron chi connectivity index (χ1n) is 10.1. The van der Waals surface area contributed by atoms with Gasteiger partial charge in [0.2, 0.25) is 0 Å². The van der Waals surface area contributed by atoms with Crippen molar-refractivity contribution in [3.8, 4) is 17.2 Å². The summed E-state index contributed by atoms with van der Waals surface area (Å²) >= 11 is 0. The number of carbonyl (C=O) groups is 1. The number of aryl methyl sites for hydroxylation is 1. The molecule has 0 aliphatic heterocycles. The molecule has 31 heavy (non-hydrogen) atoms. The van der Waals surface area contributed by atoms with Crippen molar-refractivity contribution in [3.63, 3.8) is 0 Å². The van der Waals surface area contributed by atoms with Crippen LogP contribution in [0, 0.1) is 12.7 Å². The number of rotatable bonds is 7. The van der Waals surface area contributed by atoms with Crippen LogP contribution in [0.2, 0.25) is 0 Å². The number of halogens is 1. The third kappa shape index (κ3) is 4.55. The van der Waals surface area contributed by atoms with Crippen LogP contribution in [0.3, 0.4) is 0 Å². The number of nitrogens with one attached hydrogen (secondary N) is 1. The molecule has 0 aliphatic rings. The molecule has 3 rings (SSSR count). The lowest BCUT2D eigenvalue weighted by molar-refractivity contribution is 0.0938. The van der Waals surface area contributed by atoms with E-state index >= 15 is 0 Å². The van der Waals surface area contributed by atoms with E-state index in [4.69, 9.17) is 9.47 Å². The highest BCUT2D eigenvalue weighted by molar-refractivity contribution is 5.95. The fraction of sp³-hybridized carbons (Fsp3) is 0.333. The smallest absolute Gasteiger partial charge is 0.255 e. The summed E-state index contributed by atoms with van der Waals surface area (Å²) in [4.78, 5) is 13.2. The van der Waals surface area contributed by atoms with Gasteiger partial charge in [0.15, 0.2) is 11.5 Å². The average Bonchev–Trinajstić information content (AvgIpc) is 3.19. The van der Waals surface area contributed by atoms with Gasteiger partial charge in [0, 0.05) is 0 Å². The van der Waals surface area contributed by atoms with Crippen LogP contribution in [0.25, 0.3) is 5.69 Å². The van der Waals surface area contributed by atoms with E-state index in [-0.39, 0.29) is 23.7 Å². The van der Waals surface area contributed by atoms with Gasteiger partial charge in [-0.2, -0.15) is 5.10 Å². The van der Waals surface area contributed by atoms with Gasteiger partial charge in [-0.25, -0.2) is 9.07 Å². The van der Waals surface area contributed by atoms with Crippen molar-refractivity contribution in [2.24, 2.45) is 0 Å². The molecule has 0 fully saturated rings. The number of hydrogen-bond acceptors (Lipinski definition) is 4. The summed E-state index contributed by atoms with van der Waals surface area (Å²) < 4.78 is 25.8. The lowest BCUT2D eigenvalue weighted by atomic mass is 10.00. The molecule has 164 valence electrons. The number of hydrogen-bond donors (Lipinski definition) is 1. The van der Waals surface area contributed by atoms with Gasteiger partial charge in [0.25, 0.3) is 5.91 Å². The first-order valence-corrected chi connectivity index (χ1v) is 10.1. The molecule has 0 spiro atoms. The van der Waals surface area contributed by atoms with Crippen LogP contribution in [0.5, 0.6) is 11.5 Å². The summed E-state index contributed by atoms with van der Waals surface area (Å²) in [5.74, 6) is 0.741. The van der Waals surface area contributed by atoms with Gasteiger partial charge in [-0.1, -0.05) is 13.8 Å². The minimum Gasteiger partial charge on any atom is -0.493 e. The molecule has 0 saturated carbocycles. The minimum atomic E-state index is -0.320. The Bertz CT molecular complexity index is 1070. The number of methoxy groups -OCH3 is 2. The van der Waals surface area contributed by atoms with Crippen molar-refractivity contribution in [2.45, 2.75) is 39.7 Å². The van der Waals surface area contributed by atoms with E-state index in [0.29, 0.717) is 22.7 Å². The van der Waals surface area contributed by atoms with Gasteiger partial charge in [0.1, 0.15) is 5.82 Å². The second kappa shape index (κ2) is 9.20. The number of ether oxygens (including phenoxy) is 2. The molecule has 1 atom stereocenters. The van der Waals surface area contributed by atoms with E-state index in [0.717, 1.165) is 16.8 Å². The highest BCUT2D eigenvalue weighted by Gasteiger charge is 2.23. The van der Waals surface area contributed by atoms with Crippen molar-refractivity contribution in [2.75, 3.05) is 14.2 Å². The van der Waals surface area contributed by atoms with Crippen LogP contribution in [-0.2, 0) is 0 Å². The van der Waals surface area contributed by atoms with Gasteiger partial charge in [-0.15, -0.1) is 0 Å². The molecule has 6 nitrogen and oxygen atoms in total. The first kappa shape index (κ1) is 22.3. The molecule has 1 unspecified atom stereocenters. The molecular weight excluding hydrogens is 397 g/mol. The fourth-order valence-electron chi connectivity index (χ4n) is 3.69. The third-order valence-corrected chi connectivity index (χ3v) is 5.26. The van der Waals surface area contributed by atoms with Gasteiger partial charge in [-0.05, 0) is 67.3 Å². The lowest BCUT2D eigenvalue weighted by Gasteiger charge is -2.20. The molecule has 1 aromatic heterocycles. The molecule has 2 aromatic carbocycles. The highest BCUT2D eigenvalue weighted by Crippen LogP contribution is 2.33. The zero-order chi connectivity index (χ0) is 22.7. The Morgan fingerprint density at radius 3 is 2.26 bits per heavy atom. The van der Waals surface area contributed by atoms with Crippen LogP contribution >= 0.6 is 0 Å². The van der Waals surface area contributed by atoms with Crippen molar-refractivity contribution >= 4 is 5.91 Å². The van der Waals surface area contributed by atoms with Crippen LogP contribution in [0.1, 0.15) is 59.9 Å². The van der Waals surface area contributed by atoms with Crippen LogP contribution < -0.4 is 14.8 Å². The first-order chi connectivity index (χ1) is 14.8. The highest BCUT2D eigenvalue weighted by atomic mass is 19.1. The van der Waals surface area contributed by atoms with E-state index in [2.05, 4.69) is 10.4 Å². The quantitative estimate of drug-likeness (QED) is 0.582. The van der Waals surface area contributed by atoms with E-state index in [1.807, 2.05) is 39.8 Å². The molecule has 1 N–H and O–H groups in total. The SMILES string of the molecule is COc1cc(C)c(C(C)NC(=O)c2cnn(-c3ccc(F)cc3)c2C(C)C)cc1OC. The van der Waals surface area contributed by atoms with Crippen LogP contribution in [-0.4, -0.2) is 29.9 Å². The molecule has 0 radical (unpaired) electrons. The molecule has 1 amide bonds. The third-order valence-electron chi connectivity index (χ3n) is 5.26. The van der Waals surface area contributed by atoms with Crippen molar-refractivity contribution in [1.29, 1.82) is 0 Å². The van der Waals surface area contributed by atoms with Gasteiger partial charge in [0.05, 0.1) is 43.4 Å². The maximum Gasteiger partial charge on any atom is 0.255 e. The number of nitrogens with zero attached hydrogens (tertiary/aromatic N) is 2. The summed E-state index contributed by atoms with van der Waals surface area (Å²) in [5, 5.41) is 7.47. The minimum absolute atomic E-state index is 0.0337. The Kier molecular flexibility index (Phi) is 6.63. The second-order valence-corrected chi connectivity index (χ2v) is 7.75. The lowest BCUT2D eigenvalue weighted by Crippen LogP contribution is -2.28. The number of benzene rings is 2. The Hall–Kier alpha value is -3.35. The standard InChI is InChI=1S/C24H28FN3O3/c1-14(2)23-20(13-26-28(23)18-9-7-17(25)8-10-18)24(29)27-16(4)19-12-22(31-6)21(30-5)11-15(19)3/h7-14,16H,1-6H3,(H,27,29). The summed E-state index contributed by atoms with van der Waals surface area (Å²) in [6.07, 6.45) is 1.56. The van der Waals surface area contributed by atoms with E-state index in [1.54, 1.807) is 37.2 Å². The zero-order valence-corrected chi connectivity index (χ0v) is 18.7. The van der Waals surface area contributed by atoms with Crippen LogP contribution in [0.4, 0.5) is 4.39 Å². The summed E-state index contributed by atoms with van der Waals surface area (Å²) in [6.45, 7) is 7.88. The Labute approximate surface area is 182 Å². The predicted octanol–water partition coefficient (Wildman–Crippen LogP) is 4.95. The number of carbonyl (C=O) groups excluding carboxylic acids is 1.